The third kappa shape index (κ3) is 5.23. The van der Waals surface area contributed by atoms with E-state index in [1.807, 2.05) is 4.90 Å². The molecule has 1 fully saturated rings. The van der Waals surface area contributed by atoms with E-state index in [4.69, 9.17) is 9.15 Å². The predicted octanol–water partition coefficient (Wildman–Crippen LogP) is 6.12. The van der Waals surface area contributed by atoms with Crippen LogP contribution >= 0.6 is 0 Å². The molecule has 2 aromatic carbocycles. The highest BCUT2D eigenvalue weighted by Gasteiger charge is 2.32. The summed E-state index contributed by atoms with van der Waals surface area (Å²) in [5.74, 6) is -0.637. The van der Waals surface area contributed by atoms with Crippen molar-refractivity contribution in [1.82, 2.24) is 0 Å². The van der Waals surface area contributed by atoms with Crippen molar-refractivity contribution in [3.63, 3.8) is 0 Å². The summed E-state index contributed by atoms with van der Waals surface area (Å²) in [6.07, 6.45) is -1.75. The fourth-order valence-electron chi connectivity index (χ4n) is 4.01. The van der Waals surface area contributed by atoms with Gasteiger partial charge in [-0.15, -0.1) is 0 Å². The number of halogens is 3. The van der Waals surface area contributed by atoms with E-state index in [0.29, 0.717) is 18.8 Å². The molecule has 1 aliphatic rings. The van der Waals surface area contributed by atoms with E-state index in [2.05, 4.69) is 5.32 Å². The Morgan fingerprint density at radius 2 is 1.83 bits per heavy atom. The number of nitrogens with one attached hydrogen (secondary N) is 1. The first kappa shape index (κ1) is 24.1. The van der Waals surface area contributed by atoms with Crippen LogP contribution in [0.1, 0.15) is 35.4 Å². The lowest BCUT2D eigenvalue weighted by Gasteiger charge is -2.31. The summed E-state index contributed by atoms with van der Waals surface area (Å²) >= 11 is 0. The molecule has 35 heavy (non-hydrogen) atoms. The number of hydrogen-bond donors (Lipinski definition) is 1. The minimum Gasteiger partial charge on any atom is -0.497 e. The van der Waals surface area contributed by atoms with E-state index < -0.39 is 22.6 Å². The highest BCUT2D eigenvalue weighted by atomic mass is 19.4. The van der Waals surface area contributed by atoms with Crippen molar-refractivity contribution >= 4 is 23.0 Å². The molecule has 0 aliphatic carbocycles. The van der Waals surface area contributed by atoms with Crippen LogP contribution in [0.25, 0.3) is 11.3 Å². The van der Waals surface area contributed by atoms with Crippen molar-refractivity contribution in [3.8, 4) is 17.1 Å². The number of anilines is 2. The van der Waals surface area contributed by atoms with Gasteiger partial charge in [0.15, 0.2) is 5.76 Å². The van der Waals surface area contributed by atoms with Gasteiger partial charge >= 0.3 is 6.18 Å². The minimum atomic E-state index is -4.58. The number of nitro groups is 1. The summed E-state index contributed by atoms with van der Waals surface area (Å²) in [4.78, 5) is 25.7. The average molecular weight is 489 g/mol. The maximum atomic E-state index is 13.3. The van der Waals surface area contributed by atoms with Crippen molar-refractivity contribution in [2.45, 2.75) is 25.4 Å². The molecule has 1 aliphatic heterocycles. The van der Waals surface area contributed by atoms with E-state index in [9.17, 15) is 28.1 Å². The van der Waals surface area contributed by atoms with E-state index in [1.165, 1.54) is 43.5 Å². The van der Waals surface area contributed by atoms with Crippen molar-refractivity contribution in [2.24, 2.45) is 0 Å². The van der Waals surface area contributed by atoms with Gasteiger partial charge in [-0.1, -0.05) is 0 Å². The Balaban J connectivity index is 1.64. The second-order valence-corrected chi connectivity index (χ2v) is 8.04. The summed E-state index contributed by atoms with van der Waals surface area (Å²) in [6.45, 7) is 1.33. The van der Waals surface area contributed by atoms with Crippen molar-refractivity contribution in [2.75, 3.05) is 30.4 Å². The Labute approximate surface area is 198 Å². The van der Waals surface area contributed by atoms with Crippen molar-refractivity contribution in [3.05, 3.63) is 70.0 Å². The zero-order chi connectivity index (χ0) is 25.2. The number of nitrogens with zero attached hydrogens (tertiary/aromatic N) is 2. The Bertz CT molecular complexity index is 1250. The van der Waals surface area contributed by atoms with Gasteiger partial charge in [-0.05, 0) is 61.7 Å². The van der Waals surface area contributed by atoms with Gasteiger partial charge in [0.25, 0.3) is 11.6 Å². The first-order valence-electron chi connectivity index (χ1n) is 10.9. The fourth-order valence-corrected chi connectivity index (χ4v) is 4.01. The maximum Gasteiger partial charge on any atom is 0.416 e. The summed E-state index contributed by atoms with van der Waals surface area (Å²) in [6, 6.07) is 10.1. The standard InChI is InChI=1S/C24H22F3N3O5/c1-34-16-6-7-17(20(14-16)30(32)33)21-9-10-22(35-21)23(31)28-18-13-15(24(25,26)27)5-8-19(18)29-11-3-2-4-12-29/h5-10,13-14H,2-4,11-12H2,1H3,(H,28,31). The molecule has 3 aromatic rings. The summed E-state index contributed by atoms with van der Waals surface area (Å²) in [5.41, 5.74) is -0.537. The van der Waals surface area contributed by atoms with E-state index in [-0.39, 0.29) is 34.2 Å². The molecule has 0 spiro atoms. The smallest absolute Gasteiger partial charge is 0.416 e. The van der Waals surface area contributed by atoms with Crippen LogP contribution in [0, 0.1) is 10.1 Å². The number of ether oxygens (including phenoxy) is 1. The van der Waals surface area contributed by atoms with Gasteiger partial charge in [-0.2, -0.15) is 13.2 Å². The van der Waals surface area contributed by atoms with Gasteiger partial charge in [-0.3, -0.25) is 14.9 Å². The third-order valence-electron chi connectivity index (χ3n) is 5.77. The molecule has 4 rings (SSSR count). The summed E-state index contributed by atoms with van der Waals surface area (Å²) < 4.78 is 50.6. The first-order chi connectivity index (χ1) is 16.7. The van der Waals surface area contributed by atoms with Gasteiger partial charge in [0, 0.05) is 13.1 Å². The van der Waals surface area contributed by atoms with Gasteiger partial charge < -0.3 is 19.4 Å². The van der Waals surface area contributed by atoms with Crippen LogP contribution in [-0.2, 0) is 6.18 Å². The van der Waals surface area contributed by atoms with Crippen LogP contribution in [-0.4, -0.2) is 31.0 Å². The molecule has 0 atom stereocenters. The predicted molar refractivity (Wildman–Crippen MR) is 123 cm³/mol. The van der Waals surface area contributed by atoms with Gasteiger partial charge in [0.05, 0.1) is 40.6 Å². The molecule has 0 saturated carbocycles. The number of benzene rings is 2. The monoisotopic (exact) mass is 489 g/mol. The average Bonchev–Trinajstić information content (AvgIpc) is 3.34. The number of rotatable bonds is 6. The zero-order valence-corrected chi connectivity index (χ0v) is 18.7. The largest absolute Gasteiger partial charge is 0.497 e. The highest BCUT2D eigenvalue weighted by molar-refractivity contribution is 6.04. The molecule has 0 radical (unpaired) electrons. The van der Waals surface area contributed by atoms with Crippen molar-refractivity contribution in [1.29, 1.82) is 0 Å². The van der Waals surface area contributed by atoms with Crippen LogP contribution < -0.4 is 15.0 Å². The first-order valence-corrected chi connectivity index (χ1v) is 10.9. The van der Waals surface area contributed by atoms with Crippen LogP contribution in [0.15, 0.2) is 52.9 Å². The Kier molecular flexibility index (Phi) is 6.68. The van der Waals surface area contributed by atoms with Crippen LogP contribution in [0.5, 0.6) is 5.75 Å². The van der Waals surface area contributed by atoms with Crippen LogP contribution in [0.2, 0.25) is 0 Å². The number of furan rings is 1. The highest BCUT2D eigenvalue weighted by Crippen LogP contribution is 2.37. The number of carbonyl (C=O) groups excluding carboxylic acids is 1. The number of amides is 1. The van der Waals surface area contributed by atoms with Crippen LogP contribution in [0.4, 0.5) is 30.2 Å². The molecule has 1 N–H and O–H groups in total. The maximum absolute atomic E-state index is 13.3. The molecule has 1 amide bonds. The Morgan fingerprint density at radius 1 is 1.09 bits per heavy atom. The van der Waals surface area contributed by atoms with Gasteiger partial charge in [-0.25, -0.2) is 0 Å². The Morgan fingerprint density at radius 3 is 2.49 bits per heavy atom. The second-order valence-electron chi connectivity index (χ2n) is 8.04. The Hall–Kier alpha value is -4.02. The SMILES string of the molecule is COc1ccc(-c2ccc(C(=O)Nc3cc(C(F)(F)F)ccc3N3CCCCC3)o2)c([N+](=O)[O-])c1. The quantitative estimate of drug-likeness (QED) is 0.331. The molecular weight excluding hydrogens is 467 g/mol. The summed E-state index contributed by atoms with van der Waals surface area (Å²) in [7, 11) is 1.37. The van der Waals surface area contributed by atoms with Crippen molar-refractivity contribution < 1.29 is 32.0 Å². The van der Waals surface area contributed by atoms with Gasteiger partial charge in [0.1, 0.15) is 11.5 Å². The lowest BCUT2D eigenvalue weighted by atomic mass is 10.1. The molecule has 0 bridgehead atoms. The molecule has 184 valence electrons. The minimum absolute atomic E-state index is 0.0140. The van der Waals surface area contributed by atoms with Crippen LogP contribution in [0.3, 0.4) is 0 Å². The van der Waals surface area contributed by atoms with E-state index in [1.54, 1.807) is 0 Å². The lowest BCUT2D eigenvalue weighted by Crippen LogP contribution is -2.30. The number of hydrogen-bond acceptors (Lipinski definition) is 6. The number of piperidine rings is 1. The molecule has 0 unspecified atom stereocenters. The number of alkyl halides is 3. The second kappa shape index (κ2) is 9.69. The topological polar surface area (TPSA) is 97.8 Å². The van der Waals surface area contributed by atoms with E-state index >= 15 is 0 Å². The van der Waals surface area contributed by atoms with E-state index in [0.717, 1.165) is 31.4 Å². The number of nitro benzene ring substituents is 1. The number of methoxy groups -OCH3 is 1. The molecule has 2 heterocycles. The fraction of sp³-hybridized carbons (Fsp3) is 0.292. The number of carbonyl (C=O) groups is 1. The molecule has 1 aromatic heterocycles. The normalized spacial score (nSPS) is 14.0. The lowest BCUT2D eigenvalue weighted by molar-refractivity contribution is -0.384. The molecule has 11 heteroatoms. The molecule has 1 saturated heterocycles. The van der Waals surface area contributed by atoms with Gasteiger partial charge in [0.2, 0.25) is 0 Å². The molecular formula is C24H22F3N3O5. The zero-order valence-electron chi connectivity index (χ0n) is 18.7. The molecule has 8 nitrogen and oxygen atoms in total. The summed E-state index contributed by atoms with van der Waals surface area (Å²) in [5, 5.41) is 14.0. The third-order valence-corrected chi connectivity index (χ3v) is 5.77.